The highest BCUT2D eigenvalue weighted by atomic mass is 16.3. The predicted molar refractivity (Wildman–Crippen MR) is 82.5 cm³/mol. The Hall–Kier alpha value is -2.49. The number of carbonyl (C=O) groups is 1. The minimum absolute atomic E-state index is 0.197. The standard InChI is InChI=1S/C17H18N2O2/c1-10-13(17(18)21)3-2-4-15(10)19-16-8-5-11-9-12(20)6-7-14(11)16/h2-4,6-7,9,16,19-20H,5,8H2,1H3,(H2,18,21). The highest BCUT2D eigenvalue weighted by Crippen LogP contribution is 2.36. The summed E-state index contributed by atoms with van der Waals surface area (Å²) in [7, 11) is 0. The zero-order valence-corrected chi connectivity index (χ0v) is 11.9. The molecule has 1 aliphatic carbocycles. The van der Waals surface area contributed by atoms with Gasteiger partial charge in [0.1, 0.15) is 5.75 Å². The fourth-order valence-corrected chi connectivity index (χ4v) is 3.00. The van der Waals surface area contributed by atoms with Gasteiger partial charge < -0.3 is 16.2 Å². The number of phenolic OH excluding ortho intramolecular Hbond substituents is 1. The number of hydrogen-bond donors (Lipinski definition) is 3. The molecule has 0 spiro atoms. The molecule has 0 heterocycles. The molecule has 0 radical (unpaired) electrons. The summed E-state index contributed by atoms with van der Waals surface area (Å²) in [6, 6.07) is 11.2. The predicted octanol–water partition coefficient (Wildman–Crippen LogP) is 2.90. The largest absolute Gasteiger partial charge is 0.508 e. The van der Waals surface area contributed by atoms with Crippen LogP contribution in [0.15, 0.2) is 36.4 Å². The summed E-state index contributed by atoms with van der Waals surface area (Å²) in [4.78, 5) is 11.4. The van der Waals surface area contributed by atoms with E-state index in [0.29, 0.717) is 11.3 Å². The fraction of sp³-hybridized carbons (Fsp3) is 0.235. The van der Waals surface area contributed by atoms with Crippen molar-refractivity contribution in [2.75, 3.05) is 5.32 Å². The SMILES string of the molecule is Cc1c(NC2CCc3cc(O)ccc32)cccc1C(N)=O. The minimum Gasteiger partial charge on any atom is -0.508 e. The van der Waals surface area contributed by atoms with Crippen molar-refractivity contribution < 1.29 is 9.90 Å². The zero-order valence-electron chi connectivity index (χ0n) is 11.9. The Morgan fingerprint density at radius 3 is 2.90 bits per heavy atom. The molecule has 0 fully saturated rings. The molecule has 1 amide bonds. The lowest BCUT2D eigenvalue weighted by Crippen LogP contribution is -2.15. The number of nitrogens with two attached hydrogens (primary N) is 1. The topological polar surface area (TPSA) is 75.3 Å². The number of phenols is 1. The van der Waals surface area contributed by atoms with E-state index in [0.717, 1.165) is 24.1 Å². The number of fused-ring (bicyclic) bond motifs is 1. The van der Waals surface area contributed by atoms with Crippen LogP contribution in [0.5, 0.6) is 5.75 Å². The third kappa shape index (κ3) is 2.44. The summed E-state index contributed by atoms with van der Waals surface area (Å²) in [5.41, 5.74) is 10.1. The summed E-state index contributed by atoms with van der Waals surface area (Å²) >= 11 is 0. The van der Waals surface area contributed by atoms with Crippen molar-refractivity contribution in [2.45, 2.75) is 25.8 Å². The third-order valence-electron chi connectivity index (χ3n) is 4.13. The van der Waals surface area contributed by atoms with Crippen LogP contribution in [0.25, 0.3) is 0 Å². The molecular formula is C17H18N2O2. The van der Waals surface area contributed by atoms with E-state index in [1.807, 2.05) is 31.2 Å². The van der Waals surface area contributed by atoms with Crippen LogP contribution in [0.4, 0.5) is 5.69 Å². The van der Waals surface area contributed by atoms with Crippen LogP contribution in [-0.2, 0) is 6.42 Å². The molecule has 21 heavy (non-hydrogen) atoms. The number of carbonyl (C=O) groups excluding carboxylic acids is 1. The van der Waals surface area contributed by atoms with Gasteiger partial charge in [0.25, 0.3) is 0 Å². The van der Waals surface area contributed by atoms with E-state index in [-0.39, 0.29) is 6.04 Å². The molecule has 1 aliphatic rings. The molecule has 108 valence electrons. The van der Waals surface area contributed by atoms with Gasteiger partial charge in [0.15, 0.2) is 0 Å². The van der Waals surface area contributed by atoms with Gasteiger partial charge in [-0.05, 0) is 60.7 Å². The Labute approximate surface area is 123 Å². The first-order valence-electron chi connectivity index (χ1n) is 7.04. The summed E-state index contributed by atoms with van der Waals surface area (Å²) in [6.45, 7) is 1.90. The van der Waals surface area contributed by atoms with E-state index in [9.17, 15) is 9.90 Å². The van der Waals surface area contributed by atoms with Gasteiger partial charge in [-0.1, -0.05) is 12.1 Å². The van der Waals surface area contributed by atoms with Crippen LogP contribution in [0.2, 0.25) is 0 Å². The smallest absolute Gasteiger partial charge is 0.249 e. The number of anilines is 1. The molecule has 1 atom stereocenters. The molecule has 0 aromatic heterocycles. The van der Waals surface area contributed by atoms with Gasteiger partial charge in [-0.2, -0.15) is 0 Å². The summed E-state index contributed by atoms with van der Waals surface area (Å²) < 4.78 is 0. The molecule has 3 rings (SSSR count). The molecule has 1 unspecified atom stereocenters. The fourth-order valence-electron chi connectivity index (χ4n) is 3.00. The quantitative estimate of drug-likeness (QED) is 0.810. The number of aromatic hydroxyl groups is 1. The van der Waals surface area contributed by atoms with Crippen molar-refractivity contribution in [3.63, 3.8) is 0 Å². The molecule has 4 heteroatoms. The average Bonchev–Trinajstić information content (AvgIpc) is 2.83. The Balaban J connectivity index is 1.90. The maximum atomic E-state index is 11.4. The number of primary amides is 1. The van der Waals surface area contributed by atoms with E-state index in [4.69, 9.17) is 5.73 Å². The van der Waals surface area contributed by atoms with Gasteiger partial charge in [-0.3, -0.25) is 4.79 Å². The summed E-state index contributed by atoms with van der Waals surface area (Å²) in [6.07, 6.45) is 1.91. The average molecular weight is 282 g/mol. The molecule has 4 nitrogen and oxygen atoms in total. The Morgan fingerprint density at radius 2 is 2.14 bits per heavy atom. The second kappa shape index (κ2) is 5.13. The number of benzene rings is 2. The van der Waals surface area contributed by atoms with Crippen LogP contribution in [0.3, 0.4) is 0 Å². The lowest BCUT2D eigenvalue weighted by atomic mass is 10.0. The maximum absolute atomic E-state index is 11.4. The van der Waals surface area contributed by atoms with Crippen molar-refractivity contribution in [3.8, 4) is 5.75 Å². The maximum Gasteiger partial charge on any atom is 0.249 e. The van der Waals surface area contributed by atoms with Gasteiger partial charge in [-0.15, -0.1) is 0 Å². The van der Waals surface area contributed by atoms with Crippen molar-refractivity contribution >= 4 is 11.6 Å². The molecule has 4 N–H and O–H groups in total. The number of aryl methyl sites for hydroxylation is 1. The third-order valence-corrected chi connectivity index (χ3v) is 4.13. The van der Waals surface area contributed by atoms with Gasteiger partial charge in [0.2, 0.25) is 5.91 Å². The van der Waals surface area contributed by atoms with Crippen molar-refractivity contribution in [3.05, 3.63) is 58.7 Å². The first-order valence-corrected chi connectivity index (χ1v) is 7.04. The lowest BCUT2D eigenvalue weighted by Gasteiger charge is -2.18. The molecule has 2 aromatic carbocycles. The highest BCUT2D eigenvalue weighted by molar-refractivity contribution is 5.95. The second-order valence-electron chi connectivity index (χ2n) is 5.46. The first kappa shape index (κ1) is 13.5. The van der Waals surface area contributed by atoms with Crippen molar-refractivity contribution in [2.24, 2.45) is 5.73 Å². The number of hydrogen-bond acceptors (Lipinski definition) is 3. The zero-order chi connectivity index (χ0) is 15.0. The molecule has 0 saturated heterocycles. The molecule has 0 saturated carbocycles. The Kier molecular flexibility index (Phi) is 3.29. The van der Waals surface area contributed by atoms with Crippen LogP contribution >= 0.6 is 0 Å². The van der Waals surface area contributed by atoms with Crippen molar-refractivity contribution in [1.82, 2.24) is 0 Å². The van der Waals surface area contributed by atoms with Gasteiger partial charge in [-0.25, -0.2) is 0 Å². The number of rotatable bonds is 3. The number of amides is 1. The Morgan fingerprint density at radius 1 is 1.33 bits per heavy atom. The molecule has 2 aromatic rings. The normalized spacial score (nSPS) is 16.5. The second-order valence-corrected chi connectivity index (χ2v) is 5.46. The van der Waals surface area contributed by atoms with Crippen LogP contribution in [0, 0.1) is 6.92 Å². The van der Waals surface area contributed by atoms with E-state index < -0.39 is 5.91 Å². The Bertz CT molecular complexity index is 710. The van der Waals surface area contributed by atoms with Crippen molar-refractivity contribution in [1.29, 1.82) is 0 Å². The van der Waals surface area contributed by atoms with Gasteiger partial charge >= 0.3 is 0 Å². The van der Waals surface area contributed by atoms with Crippen LogP contribution in [-0.4, -0.2) is 11.0 Å². The molecule has 0 aliphatic heterocycles. The first-order chi connectivity index (χ1) is 10.1. The van der Waals surface area contributed by atoms with Gasteiger partial charge in [0.05, 0.1) is 6.04 Å². The van der Waals surface area contributed by atoms with E-state index in [1.54, 1.807) is 12.1 Å². The molecular weight excluding hydrogens is 264 g/mol. The van der Waals surface area contributed by atoms with Gasteiger partial charge in [0, 0.05) is 11.3 Å². The van der Waals surface area contributed by atoms with Crippen LogP contribution < -0.4 is 11.1 Å². The summed E-state index contributed by atoms with van der Waals surface area (Å²) in [5, 5.41) is 13.0. The monoisotopic (exact) mass is 282 g/mol. The van der Waals surface area contributed by atoms with E-state index in [1.165, 1.54) is 11.1 Å². The highest BCUT2D eigenvalue weighted by Gasteiger charge is 2.23. The van der Waals surface area contributed by atoms with E-state index >= 15 is 0 Å². The van der Waals surface area contributed by atoms with E-state index in [2.05, 4.69) is 5.32 Å². The van der Waals surface area contributed by atoms with Crippen LogP contribution in [0.1, 0.15) is 39.5 Å². The minimum atomic E-state index is -0.409. The summed E-state index contributed by atoms with van der Waals surface area (Å²) in [5.74, 6) is -0.103. The molecule has 0 bridgehead atoms. The number of nitrogens with one attached hydrogen (secondary N) is 1. The lowest BCUT2D eigenvalue weighted by molar-refractivity contribution is 0.0999.